The number of methoxy groups -OCH3 is 4. The third-order valence-corrected chi connectivity index (χ3v) is 5.99. The molecule has 2 heterocycles. The number of likely N-dealkylation sites (tertiary alicyclic amines) is 1. The van der Waals surface area contributed by atoms with Gasteiger partial charge in [0.1, 0.15) is 28.6 Å². The van der Waals surface area contributed by atoms with Crippen LogP contribution in [0.25, 0.3) is 6.08 Å². The van der Waals surface area contributed by atoms with Crippen molar-refractivity contribution < 1.29 is 28.5 Å². The van der Waals surface area contributed by atoms with Crippen LogP contribution in [0.15, 0.2) is 42.0 Å². The molecule has 0 atom stereocenters. The van der Waals surface area contributed by atoms with Crippen LogP contribution in [0.4, 0.5) is 4.79 Å². The molecular formula is C29H40N2O6. The molecule has 2 aromatic rings. The van der Waals surface area contributed by atoms with E-state index in [4.69, 9.17) is 23.7 Å². The van der Waals surface area contributed by atoms with Gasteiger partial charge in [0.05, 0.1) is 28.4 Å². The summed E-state index contributed by atoms with van der Waals surface area (Å²) in [5, 5.41) is 3.28. The standard InChI is InChI=1S/C17H23NO4.C12H17NO2/c1-17(2,3)22-16(19)18-10-13(11-18)6-12-7-14(20-4)9-15(8-12)21-5;1-14-11-4-9(3-10-7-13-8-10)5-12(6-11)15-2/h6-9H,10-11H2,1-5H3;4-6,10,13H,3,7-8H2,1-2H3. The van der Waals surface area contributed by atoms with Crippen LogP contribution in [-0.2, 0) is 11.2 Å². The highest BCUT2D eigenvalue weighted by Gasteiger charge is 2.29. The topological polar surface area (TPSA) is 78.5 Å². The lowest BCUT2D eigenvalue weighted by Crippen LogP contribution is -2.46. The van der Waals surface area contributed by atoms with Crippen molar-refractivity contribution in [1.82, 2.24) is 10.2 Å². The maximum Gasteiger partial charge on any atom is 0.410 e. The van der Waals surface area contributed by atoms with E-state index >= 15 is 0 Å². The fourth-order valence-electron chi connectivity index (χ4n) is 3.95. The summed E-state index contributed by atoms with van der Waals surface area (Å²) >= 11 is 0. The predicted molar refractivity (Wildman–Crippen MR) is 145 cm³/mol. The van der Waals surface area contributed by atoms with E-state index in [0.29, 0.717) is 13.1 Å². The van der Waals surface area contributed by atoms with Gasteiger partial charge in [-0.3, -0.25) is 0 Å². The second-order valence-corrected chi connectivity index (χ2v) is 10.2. The van der Waals surface area contributed by atoms with E-state index in [0.717, 1.165) is 54.0 Å². The number of rotatable bonds is 7. The third-order valence-electron chi connectivity index (χ3n) is 5.99. The van der Waals surface area contributed by atoms with E-state index in [1.807, 2.05) is 51.1 Å². The van der Waals surface area contributed by atoms with Crippen LogP contribution in [-0.4, -0.2) is 71.2 Å². The van der Waals surface area contributed by atoms with E-state index < -0.39 is 5.60 Å². The molecule has 2 aromatic carbocycles. The van der Waals surface area contributed by atoms with Crippen LogP contribution in [0.5, 0.6) is 23.0 Å². The minimum Gasteiger partial charge on any atom is -0.497 e. The highest BCUT2D eigenvalue weighted by atomic mass is 16.6. The highest BCUT2D eigenvalue weighted by Crippen LogP contribution is 2.27. The second kappa shape index (κ2) is 12.7. The molecule has 202 valence electrons. The maximum absolute atomic E-state index is 11.9. The molecule has 2 fully saturated rings. The van der Waals surface area contributed by atoms with Gasteiger partial charge in [-0.2, -0.15) is 0 Å². The van der Waals surface area contributed by atoms with Crippen molar-refractivity contribution in [3.63, 3.8) is 0 Å². The fourth-order valence-corrected chi connectivity index (χ4v) is 3.95. The molecular weight excluding hydrogens is 472 g/mol. The maximum atomic E-state index is 11.9. The van der Waals surface area contributed by atoms with Crippen LogP contribution in [0, 0.1) is 5.92 Å². The van der Waals surface area contributed by atoms with Gasteiger partial charge in [0.2, 0.25) is 0 Å². The summed E-state index contributed by atoms with van der Waals surface area (Å²) in [6.45, 7) is 9.03. The number of nitrogens with one attached hydrogen (secondary N) is 1. The zero-order valence-corrected chi connectivity index (χ0v) is 23.1. The summed E-state index contributed by atoms with van der Waals surface area (Å²) in [7, 11) is 6.62. The van der Waals surface area contributed by atoms with Gasteiger partial charge < -0.3 is 33.9 Å². The number of carbonyl (C=O) groups is 1. The molecule has 0 bridgehead atoms. The number of carbonyl (C=O) groups excluding carboxylic acids is 1. The lowest BCUT2D eigenvalue weighted by molar-refractivity contribution is 0.0216. The van der Waals surface area contributed by atoms with Gasteiger partial charge in [0, 0.05) is 25.2 Å². The Morgan fingerprint density at radius 3 is 1.76 bits per heavy atom. The fraction of sp³-hybridized carbons (Fsp3) is 0.483. The van der Waals surface area contributed by atoms with Gasteiger partial charge >= 0.3 is 6.09 Å². The summed E-state index contributed by atoms with van der Waals surface area (Å²) < 4.78 is 26.3. The first-order chi connectivity index (χ1) is 17.6. The molecule has 8 heteroatoms. The Bertz CT molecular complexity index is 1040. The highest BCUT2D eigenvalue weighted by molar-refractivity contribution is 5.72. The lowest BCUT2D eigenvalue weighted by atomic mass is 9.94. The lowest BCUT2D eigenvalue weighted by Gasteiger charge is -2.35. The summed E-state index contributed by atoms with van der Waals surface area (Å²) in [5.74, 6) is 4.00. The summed E-state index contributed by atoms with van der Waals surface area (Å²) in [4.78, 5) is 13.6. The molecule has 8 nitrogen and oxygen atoms in total. The SMILES string of the molecule is COc1cc(C=C2CN(C(=O)OC(C)(C)C)C2)cc(OC)c1.COc1cc(CC2CNC2)cc(OC)c1. The molecule has 0 saturated carbocycles. The Morgan fingerprint density at radius 1 is 0.865 bits per heavy atom. The van der Waals surface area contributed by atoms with Crippen LogP contribution in [0.2, 0.25) is 0 Å². The monoisotopic (exact) mass is 512 g/mol. The quantitative estimate of drug-likeness (QED) is 0.571. The van der Waals surface area contributed by atoms with Crippen molar-refractivity contribution in [2.75, 3.05) is 54.6 Å². The molecule has 4 rings (SSSR count). The molecule has 2 saturated heterocycles. The average Bonchev–Trinajstić information content (AvgIpc) is 2.82. The normalized spacial score (nSPS) is 14.9. The smallest absolute Gasteiger partial charge is 0.410 e. The van der Waals surface area contributed by atoms with Gasteiger partial charge in [0.15, 0.2) is 0 Å². The second-order valence-electron chi connectivity index (χ2n) is 10.2. The van der Waals surface area contributed by atoms with Gasteiger partial charge in [0.25, 0.3) is 0 Å². The molecule has 0 unspecified atom stereocenters. The minimum atomic E-state index is -0.462. The van der Waals surface area contributed by atoms with Gasteiger partial charge in [-0.25, -0.2) is 4.79 Å². The van der Waals surface area contributed by atoms with Crippen LogP contribution >= 0.6 is 0 Å². The van der Waals surface area contributed by atoms with E-state index in [-0.39, 0.29) is 6.09 Å². The average molecular weight is 513 g/mol. The van der Waals surface area contributed by atoms with Crippen LogP contribution in [0.3, 0.4) is 0 Å². The Kier molecular flexibility index (Phi) is 9.69. The molecule has 1 amide bonds. The predicted octanol–water partition coefficient (Wildman–Crippen LogP) is 4.80. The molecule has 0 spiro atoms. The zero-order chi connectivity index (χ0) is 27.0. The van der Waals surface area contributed by atoms with E-state index in [1.54, 1.807) is 33.3 Å². The number of ether oxygens (including phenoxy) is 5. The van der Waals surface area contributed by atoms with Crippen molar-refractivity contribution in [2.24, 2.45) is 5.92 Å². The number of hydrogen-bond acceptors (Lipinski definition) is 7. The summed E-state index contributed by atoms with van der Waals surface area (Å²) in [6, 6.07) is 11.8. The van der Waals surface area contributed by atoms with E-state index in [1.165, 1.54) is 11.1 Å². The Balaban J connectivity index is 0.000000220. The molecule has 0 aromatic heterocycles. The number of benzene rings is 2. The first kappa shape index (κ1) is 28.2. The number of hydrogen-bond donors (Lipinski definition) is 1. The van der Waals surface area contributed by atoms with Crippen LogP contribution in [0.1, 0.15) is 31.9 Å². The first-order valence-corrected chi connectivity index (χ1v) is 12.5. The van der Waals surface area contributed by atoms with Gasteiger partial charge in [-0.15, -0.1) is 0 Å². The van der Waals surface area contributed by atoms with Gasteiger partial charge in [-0.1, -0.05) is 6.08 Å². The van der Waals surface area contributed by atoms with Crippen molar-refractivity contribution in [2.45, 2.75) is 32.8 Å². The molecule has 0 radical (unpaired) electrons. The summed E-state index contributed by atoms with van der Waals surface area (Å²) in [6.07, 6.45) is 2.87. The molecule has 2 aliphatic heterocycles. The molecule has 1 N–H and O–H groups in total. The third kappa shape index (κ3) is 8.60. The molecule has 0 aliphatic carbocycles. The van der Waals surface area contributed by atoms with E-state index in [2.05, 4.69) is 17.4 Å². The first-order valence-electron chi connectivity index (χ1n) is 12.5. The number of nitrogens with zero attached hydrogens (tertiary/aromatic N) is 1. The minimum absolute atomic E-state index is 0.270. The molecule has 2 aliphatic rings. The van der Waals surface area contributed by atoms with Gasteiger partial charge in [-0.05, 0) is 87.2 Å². The largest absolute Gasteiger partial charge is 0.497 e. The van der Waals surface area contributed by atoms with Crippen molar-refractivity contribution in [1.29, 1.82) is 0 Å². The van der Waals surface area contributed by atoms with E-state index in [9.17, 15) is 4.79 Å². The summed E-state index contributed by atoms with van der Waals surface area (Å²) in [5.41, 5.74) is 2.99. The van der Waals surface area contributed by atoms with Crippen molar-refractivity contribution in [3.05, 3.63) is 53.1 Å². The Morgan fingerprint density at radius 2 is 1.35 bits per heavy atom. The number of amides is 1. The van der Waals surface area contributed by atoms with Crippen molar-refractivity contribution >= 4 is 12.2 Å². The Hall–Kier alpha value is -3.39. The zero-order valence-electron chi connectivity index (χ0n) is 23.1. The van der Waals surface area contributed by atoms with Crippen molar-refractivity contribution in [3.8, 4) is 23.0 Å². The Labute approximate surface area is 220 Å². The van der Waals surface area contributed by atoms with Crippen LogP contribution < -0.4 is 24.3 Å². The molecule has 37 heavy (non-hydrogen) atoms.